The fraction of sp³-hybridized carbons (Fsp3) is 0.286. The molecule has 1 amide bonds. The van der Waals surface area contributed by atoms with E-state index in [2.05, 4.69) is 34.6 Å². The summed E-state index contributed by atoms with van der Waals surface area (Å²) in [6.07, 6.45) is 1.97. The number of nitrogens with one attached hydrogen (secondary N) is 2. The first-order valence-corrected chi connectivity index (χ1v) is 8.86. The Bertz CT molecular complexity index is 832. The van der Waals surface area contributed by atoms with Gasteiger partial charge in [-0.3, -0.25) is 4.79 Å². The second-order valence-corrected chi connectivity index (χ2v) is 6.13. The van der Waals surface area contributed by atoms with Crippen molar-refractivity contribution in [2.24, 2.45) is 0 Å². The van der Waals surface area contributed by atoms with Crippen LogP contribution in [0.1, 0.15) is 35.3 Å². The molecule has 0 spiro atoms. The largest absolute Gasteiger partial charge is 0.361 e. The molecule has 2 aromatic carbocycles. The molecule has 1 aromatic heterocycles. The lowest BCUT2D eigenvalue weighted by Crippen LogP contribution is -2.30. The minimum Gasteiger partial charge on any atom is -0.361 e. The van der Waals surface area contributed by atoms with E-state index in [0.29, 0.717) is 0 Å². The SMILES string of the molecule is CCN(CC)C(=O)c1ccc(CNCc2cccc3[nH]ccc23)cc1. The summed E-state index contributed by atoms with van der Waals surface area (Å²) in [5.74, 6) is 0.101. The van der Waals surface area contributed by atoms with Gasteiger partial charge < -0.3 is 15.2 Å². The van der Waals surface area contributed by atoms with Crippen molar-refractivity contribution in [3.8, 4) is 0 Å². The molecule has 130 valence electrons. The Kier molecular flexibility index (Phi) is 5.51. The van der Waals surface area contributed by atoms with Gasteiger partial charge in [0.15, 0.2) is 0 Å². The van der Waals surface area contributed by atoms with Crippen LogP contribution in [0.5, 0.6) is 0 Å². The molecule has 25 heavy (non-hydrogen) atoms. The van der Waals surface area contributed by atoms with Crippen LogP contribution in [-0.4, -0.2) is 28.9 Å². The number of rotatable bonds is 7. The van der Waals surface area contributed by atoms with Crippen molar-refractivity contribution < 1.29 is 4.79 Å². The van der Waals surface area contributed by atoms with Crippen molar-refractivity contribution in [2.75, 3.05) is 13.1 Å². The molecule has 3 rings (SSSR count). The summed E-state index contributed by atoms with van der Waals surface area (Å²) in [6, 6.07) is 16.3. The van der Waals surface area contributed by atoms with Crippen LogP contribution in [0.4, 0.5) is 0 Å². The maximum absolute atomic E-state index is 12.3. The van der Waals surface area contributed by atoms with Crippen LogP contribution >= 0.6 is 0 Å². The summed E-state index contributed by atoms with van der Waals surface area (Å²) in [4.78, 5) is 17.4. The highest BCUT2D eigenvalue weighted by molar-refractivity contribution is 5.94. The number of H-pyrrole nitrogens is 1. The lowest BCUT2D eigenvalue weighted by molar-refractivity contribution is 0.0773. The number of hydrogen-bond acceptors (Lipinski definition) is 2. The Morgan fingerprint density at radius 2 is 1.76 bits per heavy atom. The Hall–Kier alpha value is -2.59. The van der Waals surface area contributed by atoms with E-state index in [9.17, 15) is 4.79 Å². The van der Waals surface area contributed by atoms with Crippen LogP contribution in [0.2, 0.25) is 0 Å². The molecule has 0 saturated heterocycles. The number of nitrogens with zero attached hydrogens (tertiary/aromatic N) is 1. The van der Waals surface area contributed by atoms with Crippen LogP contribution in [0, 0.1) is 0 Å². The van der Waals surface area contributed by atoms with E-state index in [1.807, 2.05) is 49.2 Å². The fourth-order valence-electron chi connectivity index (χ4n) is 3.10. The van der Waals surface area contributed by atoms with Gasteiger partial charge in [0, 0.05) is 48.8 Å². The number of aromatic nitrogens is 1. The van der Waals surface area contributed by atoms with Crippen molar-refractivity contribution >= 4 is 16.8 Å². The van der Waals surface area contributed by atoms with Crippen molar-refractivity contribution in [1.82, 2.24) is 15.2 Å². The van der Waals surface area contributed by atoms with Crippen LogP contribution < -0.4 is 5.32 Å². The third kappa shape index (κ3) is 3.91. The summed E-state index contributed by atoms with van der Waals surface area (Å²) in [6.45, 7) is 7.08. The molecule has 0 aliphatic heterocycles. The molecule has 0 bridgehead atoms. The zero-order chi connectivity index (χ0) is 17.6. The van der Waals surface area contributed by atoms with Gasteiger partial charge in [-0.2, -0.15) is 0 Å². The quantitative estimate of drug-likeness (QED) is 0.687. The van der Waals surface area contributed by atoms with Gasteiger partial charge in [-0.05, 0) is 49.2 Å². The normalized spacial score (nSPS) is 11.0. The Balaban J connectivity index is 1.59. The van der Waals surface area contributed by atoms with E-state index in [4.69, 9.17) is 0 Å². The molecule has 0 aliphatic carbocycles. The third-order valence-corrected chi connectivity index (χ3v) is 4.58. The van der Waals surface area contributed by atoms with Crippen LogP contribution in [0.15, 0.2) is 54.7 Å². The number of hydrogen-bond donors (Lipinski definition) is 2. The maximum Gasteiger partial charge on any atom is 0.253 e. The summed E-state index contributed by atoms with van der Waals surface area (Å²) in [5.41, 5.74) is 4.38. The molecule has 0 fully saturated rings. The molecule has 0 aliphatic rings. The molecular weight excluding hydrogens is 310 g/mol. The van der Waals surface area contributed by atoms with Crippen LogP contribution in [0.3, 0.4) is 0 Å². The van der Waals surface area contributed by atoms with E-state index >= 15 is 0 Å². The van der Waals surface area contributed by atoms with Crippen molar-refractivity contribution in [3.05, 3.63) is 71.4 Å². The van der Waals surface area contributed by atoms with Crippen molar-refractivity contribution in [1.29, 1.82) is 0 Å². The van der Waals surface area contributed by atoms with Gasteiger partial charge in [0.1, 0.15) is 0 Å². The standard InChI is InChI=1S/C21H25N3O/c1-3-24(4-2)21(25)17-10-8-16(9-11-17)14-22-15-18-6-5-7-20-19(18)12-13-23-20/h5-13,22-23H,3-4,14-15H2,1-2H3. The molecule has 3 aromatic rings. The minimum absolute atomic E-state index is 0.101. The maximum atomic E-state index is 12.3. The Morgan fingerprint density at radius 3 is 2.48 bits per heavy atom. The molecule has 4 heteroatoms. The predicted octanol–water partition coefficient (Wildman–Crippen LogP) is 3.94. The third-order valence-electron chi connectivity index (χ3n) is 4.58. The highest BCUT2D eigenvalue weighted by Gasteiger charge is 2.11. The van der Waals surface area contributed by atoms with Gasteiger partial charge in [0.05, 0.1) is 0 Å². The number of aromatic amines is 1. The number of fused-ring (bicyclic) bond motifs is 1. The van der Waals surface area contributed by atoms with E-state index in [1.165, 1.54) is 22.0 Å². The molecule has 4 nitrogen and oxygen atoms in total. The zero-order valence-corrected chi connectivity index (χ0v) is 14.9. The second-order valence-electron chi connectivity index (χ2n) is 6.13. The first-order chi connectivity index (χ1) is 12.2. The van der Waals surface area contributed by atoms with E-state index in [0.717, 1.165) is 31.7 Å². The highest BCUT2D eigenvalue weighted by Crippen LogP contribution is 2.17. The summed E-state index contributed by atoms with van der Waals surface area (Å²) in [7, 11) is 0. The molecule has 0 radical (unpaired) electrons. The van der Waals surface area contributed by atoms with Gasteiger partial charge in [0.2, 0.25) is 0 Å². The average Bonchev–Trinajstić information content (AvgIpc) is 3.13. The topological polar surface area (TPSA) is 48.1 Å². The number of amides is 1. The lowest BCUT2D eigenvalue weighted by Gasteiger charge is -2.18. The van der Waals surface area contributed by atoms with Gasteiger partial charge in [0.25, 0.3) is 5.91 Å². The lowest BCUT2D eigenvalue weighted by atomic mass is 10.1. The fourth-order valence-corrected chi connectivity index (χ4v) is 3.10. The van der Waals surface area contributed by atoms with Crippen LogP contribution in [0.25, 0.3) is 10.9 Å². The van der Waals surface area contributed by atoms with E-state index < -0.39 is 0 Å². The monoisotopic (exact) mass is 335 g/mol. The number of carbonyl (C=O) groups is 1. The number of benzene rings is 2. The Labute approximate surface area is 148 Å². The summed E-state index contributed by atoms with van der Waals surface area (Å²) in [5, 5.41) is 4.74. The van der Waals surface area contributed by atoms with E-state index in [1.54, 1.807) is 0 Å². The van der Waals surface area contributed by atoms with Crippen molar-refractivity contribution in [3.63, 3.8) is 0 Å². The smallest absolute Gasteiger partial charge is 0.253 e. The molecule has 0 saturated carbocycles. The van der Waals surface area contributed by atoms with E-state index in [-0.39, 0.29) is 5.91 Å². The van der Waals surface area contributed by atoms with Crippen molar-refractivity contribution in [2.45, 2.75) is 26.9 Å². The number of carbonyl (C=O) groups excluding carboxylic acids is 1. The Morgan fingerprint density at radius 1 is 1.00 bits per heavy atom. The molecule has 0 atom stereocenters. The second kappa shape index (κ2) is 7.99. The van der Waals surface area contributed by atoms with Gasteiger partial charge in [-0.25, -0.2) is 0 Å². The zero-order valence-electron chi connectivity index (χ0n) is 14.9. The van der Waals surface area contributed by atoms with Gasteiger partial charge >= 0.3 is 0 Å². The molecular formula is C21H25N3O. The average molecular weight is 335 g/mol. The van der Waals surface area contributed by atoms with Gasteiger partial charge in [-0.15, -0.1) is 0 Å². The van der Waals surface area contributed by atoms with Gasteiger partial charge in [-0.1, -0.05) is 24.3 Å². The summed E-state index contributed by atoms with van der Waals surface area (Å²) >= 11 is 0. The molecule has 2 N–H and O–H groups in total. The molecule has 1 heterocycles. The molecule has 0 unspecified atom stereocenters. The minimum atomic E-state index is 0.101. The highest BCUT2D eigenvalue weighted by atomic mass is 16.2. The van der Waals surface area contributed by atoms with Crippen LogP contribution in [-0.2, 0) is 13.1 Å². The summed E-state index contributed by atoms with van der Waals surface area (Å²) < 4.78 is 0. The predicted molar refractivity (Wildman–Crippen MR) is 103 cm³/mol. The first kappa shape index (κ1) is 17.2. The first-order valence-electron chi connectivity index (χ1n) is 8.86.